The van der Waals surface area contributed by atoms with Crippen molar-refractivity contribution in [1.82, 2.24) is 4.90 Å². The Balaban J connectivity index is 2.17. The van der Waals surface area contributed by atoms with Crippen molar-refractivity contribution in [3.05, 3.63) is 64.4 Å². The highest BCUT2D eigenvalue weighted by molar-refractivity contribution is 6.30. The van der Waals surface area contributed by atoms with Crippen LogP contribution in [0.4, 0.5) is 4.39 Å². The Kier molecular flexibility index (Phi) is 5.21. The molecule has 1 atom stereocenters. The maximum atomic E-state index is 13.3. The third-order valence-electron chi connectivity index (χ3n) is 3.65. The minimum atomic E-state index is -0.215. The second-order valence-electron chi connectivity index (χ2n) is 5.10. The van der Waals surface area contributed by atoms with Crippen LogP contribution in [0.2, 0.25) is 5.02 Å². The molecule has 0 amide bonds. The Morgan fingerprint density at radius 1 is 1.24 bits per heavy atom. The molecule has 2 rings (SSSR count). The van der Waals surface area contributed by atoms with Crippen LogP contribution in [0.25, 0.3) is 0 Å². The molecule has 112 valence electrons. The molecular formula is C17H19ClFNO. The molecule has 2 aromatic carbocycles. The predicted octanol–water partition coefficient (Wildman–Crippen LogP) is 4.68. The number of hydrogen-bond acceptors (Lipinski definition) is 2. The van der Waals surface area contributed by atoms with Gasteiger partial charge in [-0.3, -0.25) is 4.90 Å². The maximum absolute atomic E-state index is 13.3. The first-order valence-electron chi connectivity index (χ1n) is 6.79. The van der Waals surface area contributed by atoms with Crippen LogP contribution in [0.1, 0.15) is 24.1 Å². The van der Waals surface area contributed by atoms with Gasteiger partial charge in [-0.25, -0.2) is 4.39 Å². The first-order valence-corrected chi connectivity index (χ1v) is 7.17. The van der Waals surface area contributed by atoms with E-state index < -0.39 is 0 Å². The zero-order valence-corrected chi connectivity index (χ0v) is 13.2. The minimum absolute atomic E-state index is 0.0874. The van der Waals surface area contributed by atoms with Crippen molar-refractivity contribution in [2.24, 2.45) is 0 Å². The molecule has 0 aliphatic rings. The van der Waals surface area contributed by atoms with Gasteiger partial charge in [0, 0.05) is 23.2 Å². The fourth-order valence-corrected chi connectivity index (χ4v) is 2.49. The van der Waals surface area contributed by atoms with E-state index in [0.717, 1.165) is 16.9 Å². The summed E-state index contributed by atoms with van der Waals surface area (Å²) in [7, 11) is 3.64. The highest BCUT2D eigenvalue weighted by atomic mass is 35.5. The van der Waals surface area contributed by atoms with Crippen LogP contribution >= 0.6 is 11.6 Å². The maximum Gasteiger partial charge on any atom is 0.123 e. The average molecular weight is 308 g/mol. The second kappa shape index (κ2) is 6.92. The van der Waals surface area contributed by atoms with Crippen molar-refractivity contribution < 1.29 is 9.13 Å². The van der Waals surface area contributed by atoms with Crippen molar-refractivity contribution in [2.75, 3.05) is 14.2 Å². The topological polar surface area (TPSA) is 12.5 Å². The number of rotatable bonds is 5. The molecule has 0 aliphatic heterocycles. The van der Waals surface area contributed by atoms with Crippen molar-refractivity contribution in [1.29, 1.82) is 0 Å². The van der Waals surface area contributed by atoms with E-state index >= 15 is 0 Å². The fraction of sp³-hybridized carbons (Fsp3) is 0.294. The van der Waals surface area contributed by atoms with Gasteiger partial charge >= 0.3 is 0 Å². The average Bonchev–Trinajstić information content (AvgIpc) is 2.46. The van der Waals surface area contributed by atoms with Gasteiger partial charge < -0.3 is 4.74 Å². The third-order valence-corrected chi connectivity index (χ3v) is 3.89. The molecule has 1 unspecified atom stereocenters. The van der Waals surface area contributed by atoms with Crippen LogP contribution in [-0.2, 0) is 6.54 Å². The lowest BCUT2D eigenvalue weighted by Gasteiger charge is -2.26. The third kappa shape index (κ3) is 3.96. The highest BCUT2D eigenvalue weighted by Gasteiger charge is 2.15. The molecule has 0 aliphatic carbocycles. The summed E-state index contributed by atoms with van der Waals surface area (Å²) in [6.45, 7) is 2.72. The van der Waals surface area contributed by atoms with Gasteiger partial charge in [0.15, 0.2) is 0 Å². The summed E-state index contributed by atoms with van der Waals surface area (Å²) in [4.78, 5) is 2.13. The van der Waals surface area contributed by atoms with E-state index in [9.17, 15) is 4.39 Å². The number of ether oxygens (including phenoxy) is 1. The van der Waals surface area contributed by atoms with Crippen molar-refractivity contribution in [2.45, 2.75) is 19.5 Å². The van der Waals surface area contributed by atoms with E-state index in [2.05, 4.69) is 4.90 Å². The van der Waals surface area contributed by atoms with Gasteiger partial charge in [0.1, 0.15) is 11.6 Å². The number of methoxy groups -OCH3 is 1. The first kappa shape index (κ1) is 15.8. The summed E-state index contributed by atoms with van der Waals surface area (Å²) < 4.78 is 18.7. The quantitative estimate of drug-likeness (QED) is 0.795. The Labute approximate surface area is 130 Å². The molecular weight excluding hydrogens is 289 g/mol. The second-order valence-corrected chi connectivity index (χ2v) is 5.54. The molecule has 4 heteroatoms. The van der Waals surface area contributed by atoms with Crippen molar-refractivity contribution in [3.8, 4) is 5.75 Å². The lowest BCUT2D eigenvalue weighted by atomic mass is 10.1. The molecule has 0 N–H and O–H groups in total. The summed E-state index contributed by atoms with van der Waals surface area (Å²) in [5.41, 5.74) is 1.95. The zero-order valence-electron chi connectivity index (χ0n) is 12.4. The summed E-state index contributed by atoms with van der Waals surface area (Å²) >= 11 is 6.05. The number of halogens is 2. The van der Waals surface area contributed by atoms with Crippen LogP contribution < -0.4 is 4.74 Å². The fourth-order valence-electron chi connectivity index (χ4n) is 2.30. The Hall–Kier alpha value is -1.58. The molecule has 0 heterocycles. The summed E-state index contributed by atoms with van der Waals surface area (Å²) in [5, 5.41) is 0.678. The van der Waals surface area contributed by atoms with Crippen LogP contribution in [0, 0.1) is 5.82 Å². The largest absolute Gasteiger partial charge is 0.496 e. The van der Waals surface area contributed by atoms with E-state index in [4.69, 9.17) is 16.3 Å². The monoisotopic (exact) mass is 307 g/mol. The van der Waals surface area contributed by atoms with Gasteiger partial charge in [0.2, 0.25) is 0 Å². The van der Waals surface area contributed by atoms with E-state index in [-0.39, 0.29) is 11.9 Å². The highest BCUT2D eigenvalue weighted by Crippen LogP contribution is 2.27. The number of nitrogens with zero attached hydrogens (tertiary/aromatic N) is 1. The number of hydrogen-bond donors (Lipinski definition) is 0. The molecule has 21 heavy (non-hydrogen) atoms. The molecule has 0 radical (unpaired) electrons. The van der Waals surface area contributed by atoms with Crippen molar-refractivity contribution in [3.63, 3.8) is 0 Å². The standard InChI is InChI=1S/C17H19ClFNO/c1-12(13-5-4-6-16(19)10-13)20(2)11-14-9-15(18)7-8-17(14)21-3/h4-10,12H,11H2,1-3H3. The van der Waals surface area contributed by atoms with Crippen LogP contribution in [0.15, 0.2) is 42.5 Å². The normalized spacial score (nSPS) is 12.5. The van der Waals surface area contributed by atoms with Gasteiger partial charge in [-0.2, -0.15) is 0 Å². The molecule has 2 aromatic rings. The van der Waals surface area contributed by atoms with E-state index in [1.54, 1.807) is 25.3 Å². The molecule has 0 saturated carbocycles. The van der Waals surface area contributed by atoms with Gasteiger partial charge in [-0.15, -0.1) is 0 Å². The summed E-state index contributed by atoms with van der Waals surface area (Å²) in [5.74, 6) is 0.589. The SMILES string of the molecule is COc1ccc(Cl)cc1CN(C)C(C)c1cccc(F)c1. The minimum Gasteiger partial charge on any atom is -0.496 e. The van der Waals surface area contributed by atoms with Crippen LogP contribution in [0.5, 0.6) is 5.75 Å². The Morgan fingerprint density at radius 2 is 2.00 bits per heavy atom. The van der Waals surface area contributed by atoms with Gasteiger partial charge in [-0.05, 0) is 49.9 Å². The van der Waals surface area contributed by atoms with Crippen LogP contribution in [0.3, 0.4) is 0 Å². The molecule has 2 nitrogen and oxygen atoms in total. The number of benzene rings is 2. The lowest BCUT2D eigenvalue weighted by molar-refractivity contribution is 0.248. The first-order chi connectivity index (χ1) is 10.0. The Morgan fingerprint density at radius 3 is 2.67 bits per heavy atom. The molecule has 0 bridgehead atoms. The summed E-state index contributed by atoms with van der Waals surface area (Å²) in [6.07, 6.45) is 0. The Bertz CT molecular complexity index is 617. The van der Waals surface area contributed by atoms with E-state index in [1.807, 2.05) is 32.2 Å². The lowest BCUT2D eigenvalue weighted by Crippen LogP contribution is -2.22. The van der Waals surface area contributed by atoms with E-state index in [0.29, 0.717) is 11.6 Å². The van der Waals surface area contributed by atoms with Crippen molar-refractivity contribution >= 4 is 11.6 Å². The van der Waals surface area contributed by atoms with Crippen LogP contribution in [-0.4, -0.2) is 19.1 Å². The van der Waals surface area contributed by atoms with Gasteiger partial charge in [-0.1, -0.05) is 23.7 Å². The van der Waals surface area contributed by atoms with E-state index in [1.165, 1.54) is 6.07 Å². The van der Waals surface area contributed by atoms with Gasteiger partial charge in [0.05, 0.1) is 7.11 Å². The molecule has 0 spiro atoms. The molecule has 0 saturated heterocycles. The molecule has 0 fully saturated rings. The molecule has 0 aromatic heterocycles. The predicted molar refractivity (Wildman–Crippen MR) is 84.3 cm³/mol. The smallest absolute Gasteiger partial charge is 0.123 e. The van der Waals surface area contributed by atoms with Gasteiger partial charge in [0.25, 0.3) is 0 Å². The summed E-state index contributed by atoms with van der Waals surface area (Å²) in [6, 6.07) is 12.3. The zero-order chi connectivity index (χ0) is 15.4.